The minimum absolute atomic E-state index is 0.291. The Labute approximate surface area is 86.2 Å². The van der Waals surface area contributed by atoms with Gasteiger partial charge in [0.25, 0.3) is 0 Å². The van der Waals surface area contributed by atoms with Crippen LogP contribution in [0, 0.1) is 0 Å². The molecule has 14 heavy (non-hydrogen) atoms. The molecule has 1 aliphatic rings. The Kier molecular flexibility index (Phi) is 2.54. The molecule has 0 saturated carbocycles. The molecule has 0 bridgehead atoms. The zero-order chi connectivity index (χ0) is 10.1. The summed E-state index contributed by atoms with van der Waals surface area (Å²) in [7, 11) is -1.55. The molecule has 0 aliphatic carbocycles. The Hall–Kier alpha value is -0.905. The molecule has 0 amide bonds. The minimum Gasteiger partial charge on any atom is -0.486 e. The Morgan fingerprint density at radius 2 is 1.93 bits per heavy atom. The van der Waals surface area contributed by atoms with Crippen LogP contribution in [0.1, 0.15) is 0 Å². The lowest BCUT2D eigenvalue weighted by molar-refractivity contribution is 0.172. The fraction of sp³-hybridized carbons (Fsp3) is 0.250. The van der Waals surface area contributed by atoms with E-state index in [1.54, 1.807) is 0 Å². The van der Waals surface area contributed by atoms with Crippen LogP contribution in [0.3, 0.4) is 0 Å². The Morgan fingerprint density at radius 1 is 1.21 bits per heavy atom. The van der Waals surface area contributed by atoms with Gasteiger partial charge in [-0.15, -0.1) is 0 Å². The largest absolute Gasteiger partial charge is 0.488 e. The molecule has 74 valence electrons. The predicted molar refractivity (Wildman–Crippen MR) is 52.3 cm³/mol. The number of halogens is 1. The van der Waals surface area contributed by atoms with Gasteiger partial charge in [0, 0.05) is 0 Å². The van der Waals surface area contributed by atoms with Crippen molar-refractivity contribution in [2.24, 2.45) is 0 Å². The lowest BCUT2D eigenvalue weighted by Crippen LogP contribution is -2.30. The van der Waals surface area contributed by atoms with Crippen LogP contribution in [0.5, 0.6) is 11.5 Å². The highest BCUT2D eigenvalue weighted by atomic mass is 35.5. The quantitative estimate of drug-likeness (QED) is 0.635. The third-order valence-corrected chi connectivity index (χ3v) is 2.20. The van der Waals surface area contributed by atoms with Crippen molar-refractivity contribution in [2.45, 2.75) is 0 Å². The van der Waals surface area contributed by atoms with Gasteiger partial charge in [0.05, 0.1) is 5.02 Å². The minimum atomic E-state index is -1.55. The molecule has 4 nitrogen and oxygen atoms in total. The predicted octanol–water partition coefficient (Wildman–Crippen LogP) is -0.209. The van der Waals surface area contributed by atoms with Crippen LogP contribution < -0.4 is 14.9 Å². The second-order valence-electron chi connectivity index (χ2n) is 2.90. The van der Waals surface area contributed by atoms with Crippen LogP contribution in [-0.2, 0) is 0 Å². The Bertz CT molecular complexity index is 355. The fourth-order valence-electron chi connectivity index (χ4n) is 1.28. The fourth-order valence-corrected chi connectivity index (χ4v) is 1.55. The van der Waals surface area contributed by atoms with Crippen LogP contribution in [0.2, 0.25) is 5.02 Å². The molecule has 2 N–H and O–H groups in total. The molecule has 0 unspecified atom stereocenters. The van der Waals surface area contributed by atoms with Gasteiger partial charge in [-0.2, -0.15) is 0 Å². The third-order valence-electron chi connectivity index (χ3n) is 1.92. The van der Waals surface area contributed by atoms with Crippen LogP contribution in [0.15, 0.2) is 12.1 Å². The van der Waals surface area contributed by atoms with Crippen molar-refractivity contribution in [3.8, 4) is 11.5 Å². The average molecular weight is 214 g/mol. The number of benzene rings is 1. The summed E-state index contributed by atoms with van der Waals surface area (Å²) in [6, 6.07) is 2.95. The van der Waals surface area contributed by atoms with Gasteiger partial charge in [0.1, 0.15) is 13.2 Å². The van der Waals surface area contributed by atoms with Crippen LogP contribution in [0.4, 0.5) is 0 Å². The van der Waals surface area contributed by atoms with E-state index in [-0.39, 0.29) is 0 Å². The van der Waals surface area contributed by atoms with Crippen molar-refractivity contribution < 1.29 is 19.5 Å². The SMILES string of the molecule is OB(O)c1cc(Cl)c2c(c1)OCCO2. The smallest absolute Gasteiger partial charge is 0.486 e. The van der Waals surface area contributed by atoms with Crippen molar-refractivity contribution >= 4 is 24.2 Å². The summed E-state index contributed by atoms with van der Waals surface area (Å²) in [5.41, 5.74) is 0.291. The standard InChI is InChI=1S/C8H8BClO4/c10-6-3-5(9(11)12)4-7-8(6)14-2-1-13-7/h3-4,11-12H,1-2H2. The molecule has 1 aromatic rings. The second kappa shape index (κ2) is 3.69. The first-order chi connectivity index (χ1) is 6.68. The first-order valence-corrected chi connectivity index (χ1v) is 4.51. The molecule has 1 heterocycles. The van der Waals surface area contributed by atoms with Crippen molar-refractivity contribution in [3.63, 3.8) is 0 Å². The number of rotatable bonds is 1. The lowest BCUT2D eigenvalue weighted by Gasteiger charge is -2.20. The molecule has 0 atom stereocenters. The van der Waals surface area contributed by atoms with Gasteiger partial charge >= 0.3 is 7.12 Å². The van der Waals surface area contributed by atoms with E-state index in [0.29, 0.717) is 35.2 Å². The molecule has 1 aliphatic heterocycles. The maximum Gasteiger partial charge on any atom is 0.488 e. The van der Waals surface area contributed by atoms with Gasteiger partial charge in [-0.3, -0.25) is 0 Å². The molecule has 0 spiro atoms. The van der Waals surface area contributed by atoms with E-state index in [4.69, 9.17) is 31.1 Å². The molecule has 0 radical (unpaired) electrons. The highest BCUT2D eigenvalue weighted by molar-refractivity contribution is 6.59. The van der Waals surface area contributed by atoms with E-state index in [0.717, 1.165) is 0 Å². The van der Waals surface area contributed by atoms with Gasteiger partial charge in [-0.1, -0.05) is 11.6 Å². The zero-order valence-electron chi connectivity index (χ0n) is 7.24. The second-order valence-corrected chi connectivity index (χ2v) is 3.31. The van der Waals surface area contributed by atoms with Gasteiger partial charge in [0.15, 0.2) is 11.5 Å². The summed E-state index contributed by atoms with van der Waals surface area (Å²) < 4.78 is 10.5. The normalized spacial score (nSPS) is 13.9. The molecule has 0 saturated heterocycles. The van der Waals surface area contributed by atoms with E-state index in [1.165, 1.54) is 12.1 Å². The molecule has 2 rings (SSSR count). The van der Waals surface area contributed by atoms with Gasteiger partial charge < -0.3 is 19.5 Å². The number of ether oxygens (including phenoxy) is 2. The first kappa shape index (κ1) is 9.64. The highest BCUT2D eigenvalue weighted by Gasteiger charge is 2.20. The average Bonchev–Trinajstić information content (AvgIpc) is 2.17. The third kappa shape index (κ3) is 1.66. The van der Waals surface area contributed by atoms with E-state index >= 15 is 0 Å². The van der Waals surface area contributed by atoms with Gasteiger partial charge in [-0.05, 0) is 17.6 Å². The van der Waals surface area contributed by atoms with Crippen LogP contribution >= 0.6 is 11.6 Å². The van der Waals surface area contributed by atoms with E-state index in [1.807, 2.05) is 0 Å². The van der Waals surface area contributed by atoms with E-state index in [9.17, 15) is 0 Å². The van der Waals surface area contributed by atoms with Gasteiger partial charge in [-0.25, -0.2) is 0 Å². The summed E-state index contributed by atoms with van der Waals surface area (Å²) in [6.45, 7) is 0.891. The highest BCUT2D eigenvalue weighted by Crippen LogP contribution is 2.35. The number of hydrogen-bond donors (Lipinski definition) is 2. The molecule has 6 heteroatoms. The first-order valence-electron chi connectivity index (χ1n) is 4.13. The maximum atomic E-state index is 8.95. The van der Waals surface area contributed by atoms with E-state index in [2.05, 4.69) is 0 Å². The van der Waals surface area contributed by atoms with Crippen molar-refractivity contribution in [1.82, 2.24) is 0 Å². The molecule has 0 fully saturated rings. The van der Waals surface area contributed by atoms with Crippen molar-refractivity contribution in [2.75, 3.05) is 13.2 Å². The lowest BCUT2D eigenvalue weighted by atomic mass is 9.80. The van der Waals surface area contributed by atoms with Crippen LogP contribution in [-0.4, -0.2) is 30.4 Å². The Balaban J connectivity index is 2.46. The van der Waals surface area contributed by atoms with Crippen molar-refractivity contribution in [3.05, 3.63) is 17.2 Å². The molecular weight excluding hydrogens is 206 g/mol. The molecule has 0 aromatic heterocycles. The van der Waals surface area contributed by atoms with E-state index < -0.39 is 7.12 Å². The summed E-state index contributed by atoms with van der Waals surface area (Å²) in [4.78, 5) is 0. The molecule has 1 aromatic carbocycles. The van der Waals surface area contributed by atoms with Gasteiger partial charge in [0.2, 0.25) is 0 Å². The monoisotopic (exact) mass is 214 g/mol. The van der Waals surface area contributed by atoms with Crippen LogP contribution in [0.25, 0.3) is 0 Å². The topological polar surface area (TPSA) is 58.9 Å². The summed E-state index contributed by atoms with van der Waals surface area (Å²) in [6.07, 6.45) is 0. The summed E-state index contributed by atoms with van der Waals surface area (Å²) in [5.74, 6) is 0.911. The maximum absolute atomic E-state index is 8.95. The number of hydrogen-bond acceptors (Lipinski definition) is 4. The zero-order valence-corrected chi connectivity index (χ0v) is 7.99. The Morgan fingerprint density at radius 3 is 2.64 bits per heavy atom. The van der Waals surface area contributed by atoms with Crippen molar-refractivity contribution in [1.29, 1.82) is 0 Å². The number of fused-ring (bicyclic) bond motifs is 1. The summed E-state index contributed by atoms with van der Waals surface area (Å²) in [5, 5.41) is 18.2. The molecular formula is C8H8BClO4. The summed E-state index contributed by atoms with van der Waals surface area (Å²) >= 11 is 5.86.